The van der Waals surface area contributed by atoms with Crippen molar-refractivity contribution in [1.29, 1.82) is 0 Å². The Hall–Kier alpha value is -0.880. The monoisotopic (exact) mass is 318 g/mol. The van der Waals surface area contributed by atoms with E-state index < -0.39 is 0 Å². The molecule has 0 unspecified atom stereocenters. The molecule has 0 aromatic carbocycles. The average Bonchev–Trinajstić information content (AvgIpc) is 2.74. The minimum atomic E-state index is -0.151. The number of halogens is 1. The van der Waals surface area contributed by atoms with Crippen LogP contribution in [0.25, 0.3) is 0 Å². The van der Waals surface area contributed by atoms with Crippen LogP contribution in [0, 0.1) is 0 Å². The summed E-state index contributed by atoms with van der Waals surface area (Å²) in [5.41, 5.74) is 0. The summed E-state index contributed by atoms with van der Waals surface area (Å²) in [6, 6.07) is 3.60. The summed E-state index contributed by atoms with van der Waals surface area (Å²) in [4.78, 5) is 25.7. The highest BCUT2D eigenvalue weighted by molar-refractivity contribution is 9.11. The summed E-state index contributed by atoms with van der Waals surface area (Å²) in [5, 5.41) is 2.53. The Morgan fingerprint density at radius 1 is 1.47 bits per heavy atom. The SMILES string of the molecule is CCCN(CC(=O)NC)C(=O)c1ccc(Br)s1. The second-order valence-electron chi connectivity index (χ2n) is 3.50. The van der Waals surface area contributed by atoms with Crippen LogP contribution in [0.5, 0.6) is 0 Å². The van der Waals surface area contributed by atoms with Crippen molar-refractivity contribution in [2.24, 2.45) is 0 Å². The molecule has 0 aliphatic rings. The Labute approximate surface area is 113 Å². The van der Waals surface area contributed by atoms with Gasteiger partial charge in [0.15, 0.2) is 0 Å². The van der Waals surface area contributed by atoms with Gasteiger partial charge in [0.1, 0.15) is 0 Å². The molecule has 0 aliphatic carbocycles. The zero-order chi connectivity index (χ0) is 12.8. The van der Waals surface area contributed by atoms with Crippen LogP contribution in [0.4, 0.5) is 0 Å². The van der Waals surface area contributed by atoms with E-state index in [1.807, 2.05) is 13.0 Å². The molecule has 0 saturated carbocycles. The van der Waals surface area contributed by atoms with Gasteiger partial charge in [0, 0.05) is 13.6 Å². The number of thiophene rings is 1. The molecule has 0 radical (unpaired) electrons. The van der Waals surface area contributed by atoms with Crippen LogP contribution in [0.15, 0.2) is 15.9 Å². The third-order valence-electron chi connectivity index (χ3n) is 2.18. The number of carbonyl (C=O) groups excluding carboxylic acids is 2. The molecule has 1 aromatic rings. The van der Waals surface area contributed by atoms with Gasteiger partial charge in [-0.25, -0.2) is 0 Å². The lowest BCUT2D eigenvalue weighted by molar-refractivity contribution is -0.121. The second-order valence-corrected chi connectivity index (χ2v) is 5.97. The lowest BCUT2D eigenvalue weighted by Gasteiger charge is -2.20. The molecule has 0 bridgehead atoms. The van der Waals surface area contributed by atoms with Crippen LogP contribution >= 0.6 is 27.3 Å². The number of rotatable bonds is 5. The van der Waals surface area contributed by atoms with E-state index in [-0.39, 0.29) is 18.4 Å². The molecule has 0 atom stereocenters. The summed E-state index contributed by atoms with van der Waals surface area (Å²) in [5.74, 6) is -0.242. The predicted molar refractivity (Wildman–Crippen MR) is 72.3 cm³/mol. The number of hydrogen-bond donors (Lipinski definition) is 1. The van der Waals surface area contributed by atoms with Crippen LogP contribution in [0.2, 0.25) is 0 Å². The van der Waals surface area contributed by atoms with Gasteiger partial charge >= 0.3 is 0 Å². The molecule has 17 heavy (non-hydrogen) atoms. The lowest BCUT2D eigenvalue weighted by atomic mass is 10.3. The first-order valence-electron chi connectivity index (χ1n) is 5.33. The van der Waals surface area contributed by atoms with Crippen molar-refractivity contribution in [3.8, 4) is 0 Å². The quantitative estimate of drug-likeness (QED) is 0.904. The number of nitrogens with one attached hydrogen (secondary N) is 1. The van der Waals surface area contributed by atoms with Gasteiger partial charge in [-0.2, -0.15) is 0 Å². The Balaban J connectivity index is 2.76. The van der Waals surface area contributed by atoms with E-state index in [9.17, 15) is 9.59 Å². The Morgan fingerprint density at radius 2 is 2.18 bits per heavy atom. The topological polar surface area (TPSA) is 49.4 Å². The maximum absolute atomic E-state index is 12.1. The van der Waals surface area contributed by atoms with Crippen LogP contribution < -0.4 is 5.32 Å². The number of nitrogens with zero attached hydrogens (tertiary/aromatic N) is 1. The second kappa shape index (κ2) is 6.76. The maximum atomic E-state index is 12.1. The number of carbonyl (C=O) groups is 2. The van der Waals surface area contributed by atoms with Gasteiger partial charge in [0.25, 0.3) is 5.91 Å². The highest BCUT2D eigenvalue weighted by Gasteiger charge is 2.18. The van der Waals surface area contributed by atoms with Crippen LogP contribution in [0.1, 0.15) is 23.0 Å². The molecule has 6 heteroatoms. The largest absolute Gasteiger partial charge is 0.358 e. The van der Waals surface area contributed by atoms with Gasteiger partial charge in [-0.15, -0.1) is 11.3 Å². The molecule has 1 aromatic heterocycles. The fourth-order valence-corrected chi connectivity index (χ4v) is 2.71. The third-order valence-corrected chi connectivity index (χ3v) is 3.79. The van der Waals surface area contributed by atoms with Crippen molar-refractivity contribution in [3.05, 3.63) is 20.8 Å². The van der Waals surface area contributed by atoms with Crippen LogP contribution in [-0.2, 0) is 4.79 Å². The normalized spacial score (nSPS) is 10.1. The van der Waals surface area contributed by atoms with E-state index in [1.54, 1.807) is 18.0 Å². The Morgan fingerprint density at radius 3 is 2.65 bits per heavy atom. The Kier molecular flexibility index (Phi) is 5.64. The van der Waals surface area contributed by atoms with Crippen molar-refractivity contribution in [3.63, 3.8) is 0 Å². The van der Waals surface area contributed by atoms with Gasteiger partial charge in [-0.05, 0) is 34.5 Å². The van der Waals surface area contributed by atoms with E-state index in [0.717, 1.165) is 10.2 Å². The molecule has 0 aliphatic heterocycles. The molecule has 4 nitrogen and oxygen atoms in total. The van der Waals surface area contributed by atoms with Gasteiger partial charge in [0.05, 0.1) is 15.2 Å². The maximum Gasteiger partial charge on any atom is 0.264 e. The summed E-state index contributed by atoms with van der Waals surface area (Å²) in [6.45, 7) is 2.68. The first kappa shape index (κ1) is 14.2. The fourth-order valence-electron chi connectivity index (χ4n) is 1.36. The fraction of sp³-hybridized carbons (Fsp3) is 0.455. The molecule has 2 amide bonds. The highest BCUT2D eigenvalue weighted by atomic mass is 79.9. The van der Waals surface area contributed by atoms with Crippen LogP contribution in [0.3, 0.4) is 0 Å². The van der Waals surface area contributed by atoms with E-state index >= 15 is 0 Å². The van der Waals surface area contributed by atoms with Crippen LogP contribution in [-0.4, -0.2) is 36.9 Å². The summed E-state index contributed by atoms with van der Waals surface area (Å²) in [6.07, 6.45) is 0.829. The lowest BCUT2D eigenvalue weighted by Crippen LogP contribution is -2.39. The molecular formula is C11H15BrN2O2S. The van der Waals surface area contributed by atoms with Gasteiger partial charge < -0.3 is 10.2 Å². The molecule has 0 spiro atoms. The van der Waals surface area contributed by atoms with Crippen molar-refractivity contribution in [2.75, 3.05) is 20.1 Å². The van der Waals surface area contributed by atoms with Gasteiger partial charge in [-0.1, -0.05) is 6.92 Å². The minimum Gasteiger partial charge on any atom is -0.358 e. The molecule has 1 rings (SSSR count). The van der Waals surface area contributed by atoms with Crippen molar-refractivity contribution in [1.82, 2.24) is 10.2 Å². The number of likely N-dealkylation sites (N-methyl/N-ethyl adjacent to an activating group) is 1. The van der Waals surface area contributed by atoms with Crippen molar-refractivity contribution in [2.45, 2.75) is 13.3 Å². The molecule has 0 fully saturated rings. The van der Waals surface area contributed by atoms with Gasteiger partial charge in [-0.3, -0.25) is 9.59 Å². The summed E-state index contributed by atoms with van der Waals surface area (Å²) >= 11 is 4.70. The zero-order valence-electron chi connectivity index (χ0n) is 9.83. The Bertz CT molecular complexity index is 406. The third kappa shape index (κ3) is 4.12. The van der Waals surface area contributed by atoms with E-state index in [0.29, 0.717) is 11.4 Å². The molecule has 94 valence electrons. The number of hydrogen-bond acceptors (Lipinski definition) is 3. The van der Waals surface area contributed by atoms with E-state index in [1.165, 1.54) is 11.3 Å². The summed E-state index contributed by atoms with van der Waals surface area (Å²) in [7, 11) is 1.57. The van der Waals surface area contributed by atoms with Crippen molar-refractivity contribution >= 4 is 39.1 Å². The standard InChI is InChI=1S/C11H15BrN2O2S/c1-3-6-14(7-10(15)13-2)11(16)8-4-5-9(12)17-8/h4-5H,3,6-7H2,1-2H3,(H,13,15). The molecule has 1 N–H and O–H groups in total. The zero-order valence-corrected chi connectivity index (χ0v) is 12.2. The molecule has 0 saturated heterocycles. The minimum absolute atomic E-state index is 0.0915. The van der Waals surface area contributed by atoms with Gasteiger partial charge in [0.2, 0.25) is 5.91 Å². The first-order valence-corrected chi connectivity index (χ1v) is 6.94. The predicted octanol–water partition coefficient (Wildman–Crippen LogP) is 2.11. The number of amides is 2. The first-order chi connectivity index (χ1) is 8.08. The smallest absolute Gasteiger partial charge is 0.264 e. The highest BCUT2D eigenvalue weighted by Crippen LogP contribution is 2.23. The van der Waals surface area contributed by atoms with E-state index in [2.05, 4.69) is 21.2 Å². The summed E-state index contributed by atoms with van der Waals surface area (Å²) < 4.78 is 0.914. The molecular weight excluding hydrogens is 304 g/mol. The van der Waals surface area contributed by atoms with E-state index in [4.69, 9.17) is 0 Å². The molecule has 1 heterocycles. The average molecular weight is 319 g/mol. The van der Waals surface area contributed by atoms with Crippen molar-refractivity contribution < 1.29 is 9.59 Å².